The molecule has 0 saturated heterocycles. The zero-order chi connectivity index (χ0) is 25.6. The van der Waals surface area contributed by atoms with Crippen LogP contribution in [0.1, 0.15) is 87.4 Å². The summed E-state index contributed by atoms with van der Waals surface area (Å²) in [5, 5.41) is 0. The third kappa shape index (κ3) is 4.42. The molecule has 4 heteroatoms. The van der Waals surface area contributed by atoms with Crippen molar-refractivity contribution in [1.29, 1.82) is 0 Å². The molecule has 1 unspecified atom stereocenters. The second-order valence-corrected chi connectivity index (χ2v) is 12.0. The van der Waals surface area contributed by atoms with Gasteiger partial charge in [-0.05, 0) is 104 Å². The van der Waals surface area contributed by atoms with Crippen molar-refractivity contribution in [3.05, 3.63) is 70.6 Å². The second kappa shape index (κ2) is 9.57. The van der Waals surface area contributed by atoms with Crippen molar-refractivity contribution in [2.24, 2.45) is 17.8 Å². The molecule has 4 saturated carbocycles. The minimum absolute atomic E-state index is 0.00888. The molecule has 1 aliphatic heterocycles. The van der Waals surface area contributed by atoms with Crippen LogP contribution in [0.25, 0.3) is 4.85 Å². The third-order valence-electron chi connectivity index (χ3n) is 9.44. The molecule has 2 aromatic rings. The zero-order valence-electron chi connectivity index (χ0n) is 21.8. The Labute approximate surface area is 221 Å². The molecule has 5 aliphatic rings. The maximum absolute atomic E-state index is 13.2. The van der Waals surface area contributed by atoms with Gasteiger partial charge in [0.15, 0.2) is 5.69 Å². The summed E-state index contributed by atoms with van der Waals surface area (Å²) < 4.78 is 6.78. The highest BCUT2D eigenvalue weighted by atomic mass is 16.5. The summed E-state index contributed by atoms with van der Waals surface area (Å²) in [6.45, 7) is 9.72. The van der Waals surface area contributed by atoms with Crippen molar-refractivity contribution in [3.63, 3.8) is 0 Å². The van der Waals surface area contributed by atoms with E-state index in [1.807, 2.05) is 17.0 Å². The number of hydrogen-bond donors (Lipinski definition) is 0. The van der Waals surface area contributed by atoms with Gasteiger partial charge in [0, 0.05) is 6.04 Å². The molecule has 4 aliphatic carbocycles. The minimum atomic E-state index is -0.301. The largest absolute Gasteiger partial charge is 0.487 e. The van der Waals surface area contributed by atoms with Crippen LogP contribution in [0.2, 0.25) is 0 Å². The van der Waals surface area contributed by atoms with Gasteiger partial charge < -0.3 is 9.64 Å². The van der Waals surface area contributed by atoms with Crippen LogP contribution in [-0.2, 0) is 11.2 Å². The van der Waals surface area contributed by atoms with Crippen molar-refractivity contribution in [3.8, 4) is 18.1 Å². The number of amides is 1. The van der Waals surface area contributed by atoms with E-state index in [9.17, 15) is 4.79 Å². The normalized spacial score (nSPS) is 31.3. The van der Waals surface area contributed by atoms with Crippen LogP contribution >= 0.6 is 0 Å². The summed E-state index contributed by atoms with van der Waals surface area (Å²) in [6, 6.07) is 14.0. The Bertz CT molecular complexity index is 1230. The van der Waals surface area contributed by atoms with E-state index in [4.69, 9.17) is 17.7 Å². The van der Waals surface area contributed by atoms with Crippen LogP contribution in [0.3, 0.4) is 0 Å². The first-order valence-corrected chi connectivity index (χ1v) is 14.1. The Kier molecular flexibility index (Phi) is 6.24. The van der Waals surface area contributed by atoms with E-state index in [-0.39, 0.29) is 23.6 Å². The topological polar surface area (TPSA) is 33.9 Å². The first-order valence-electron chi connectivity index (χ1n) is 14.1. The SMILES string of the molecule is [C-]#[N+]c1ccc2c(c1)C(c1ccc(OC34CC5CC(CC(C5)C3)C4)cc1)N(C(=O)C#C)[C@@H](CCCC)C2. The van der Waals surface area contributed by atoms with E-state index >= 15 is 0 Å². The van der Waals surface area contributed by atoms with E-state index in [1.54, 1.807) is 0 Å². The fourth-order valence-electron chi connectivity index (χ4n) is 8.31. The fraction of sp³-hybridized carbons (Fsp3) is 0.515. The van der Waals surface area contributed by atoms with Gasteiger partial charge in [-0.1, -0.05) is 50.1 Å². The molecule has 0 radical (unpaired) electrons. The lowest BCUT2D eigenvalue weighted by atomic mass is 9.54. The Morgan fingerprint density at radius 3 is 2.38 bits per heavy atom. The lowest BCUT2D eigenvalue weighted by Crippen LogP contribution is -2.53. The smallest absolute Gasteiger partial charge is 0.299 e. The van der Waals surface area contributed by atoms with Gasteiger partial charge >= 0.3 is 0 Å². The Hall–Kier alpha value is -3.24. The van der Waals surface area contributed by atoms with Gasteiger partial charge in [0.2, 0.25) is 0 Å². The molecule has 4 bridgehead atoms. The van der Waals surface area contributed by atoms with Gasteiger partial charge in [0.25, 0.3) is 5.91 Å². The summed E-state index contributed by atoms with van der Waals surface area (Å²) in [6.07, 6.45) is 17.3. The van der Waals surface area contributed by atoms with E-state index in [0.717, 1.165) is 60.3 Å². The number of ether oxygens (including phenoxy) is 1. The van der Waals surface area contributed by atoms with Crippen molar-refractivity contribution < 1.29 is 9.53 Å². The highest BCUT2D eigenvalue weighted by Crippen LogP contribution is 2.57. The molecule has 2 atom stereocenters. The predicted molar refractivity (Wildman–Crippen MR) is 145 cm³/mol. The Morgan fingerprint density at radius 1 is 1.11 bits per heavy atom. The van der Waals surface area contributed by atoms with Crippen LogP contribution < -0.4 is 4.74 Å². The summed E-state index contributed by atoms with van der Waals surface area (Å²) in [4.78, 5) is 18.7. The maximum atomic E-state index is 13.2. The number of unbranched alkanes of at least 4 members (excludes halogenated alkanes) is 1. The van der Waals surface area contributed by atoms with Crippen LogP contribution in [0.5, 0.6) is 5.75 Å². The van der Waals surface area contributed by atoms with Crippen LogP contribution in [0.15, 0.2) is 42.5 Å². The molecule has 7 rings (SSSR count). The predicted octanol–water partition coefficient (Wildman–Crippen LogP) is 7.25. The summed E-state index contributed by atoms with van der Waals surface area (Å²) >= 11 is 0. The highest BCUT2D eigenvalue weighted by Gasteiger charge is 2.52. The first-order chi connectivity index (χ1) is 18.0. The first kappa shape index (κ1) is 24.1. The van der Waals surface area contributed by atoms with Gasteiger partial charge in [0.05, 0.1) is 12.6 Å². The maximum Gasteiger partial charge on any atom is 0.299 e. The molecule has 1 amide bonds. The molecule has 190 valence electrons. The number of benzene rings is 2. The summed E-state index contributed by atoms with van der Waals surface area (Å²) in [5.74, 6) is 5.56. The monoisotopic (exact) mass is 492 g/mol. The van der Waals surface area contributed by atoms with Crippen molar-refractivity contribution >= 4 is 11.6 Å². The molecule has 1 heterocycles. The quantitative estimate of drug-likeness (QED) is 0.314. The van der Waals surface area contributed by atoms with Gasteiger partial charge in [-0.25, -0.2) is 4.85 Å². The zero-order valence-corrected chi connectivity index (χ0v) is 21.8. The number of nitrogens with zero attached hydrogens (tertiary/aromatic N) is 2. The standard InChI is InChI=1S/C33H36N2O2/c1-4-6-7-28-17-26-8-11-27(34-3)18-30(26)32(35(28)31(36)5-2)25-9-12-29(13-10-25)37-33-19-22-14-23(20-33)16-24(15-22)21-33/h2,8-13,18,22-24,28,32H,4,6-7,14-17,19-21H2,1H3/t22?,23?,24?,28-,32?,33?/m0/s1. The number of terminal acetylenes is 1. The van der Waals surface area contributed by atoms with Crippen LogP contribution in [0.4, 0.5) is 5.69 Å². The van der Waals surface area contributed by atoms with Crippen molar-refractivity contribution in [2.45, 2.75) is 88.8 Å². The van der Waals surface area contributed by atoms with Gasteiger partial charge in [0.1, 0.15) is 11.4 Å². The van der Waals surface area contributed by atoms with E-state index in [1.165, 1.54) is 44.1 Å². The molecular formula is C33H36N2O2. The lowest BCUT2D eigenvalue weighted by Gasteiger charge is -2.56. The van der Waals surface area contributed by atoms with Gasteiger partial charge in [-0.2, -0.15) is 0 Å². The molecule has 0 spiro atoms. The van der Waals surface area contributed by atoms with Crippen molar-refractivity contribution in [1.82, 2.24) is 4.90 Å². The molecule has 4 nitrogen and oxygen atoms in total. The molecule has 0 N–H and O–H groups in total. The molecule has 2 aromatic carbocycles. The fourth-order valence-corrected chi connectivity index (χ4v) is 8.31. The molecular weight excluding hydrogens is 456 g/mol. The van der Waals surface area contributed by atoms with E-state index < -0.39 is 0 Å². The summed E-state index contributed by atoms with van der Waals surface area (Å²) in [5.41, 5.74) is 3.83. The van der Waals surface area contributed by atoms with Crippen LogP contribution in [-0.4, -0.2) is 22.4 Å². The molecule has 4 fully saturated rings. The highest BCUT2D eigenvalue weighted by molar-refractivity contribution is 5.94. The summed E-state index contributed by atoms with van der Waals surface area (Å²) in [7, 11) is 0. The second-order valence-electron chi connectivity index (χ2n) is 12.0. The molecule has 37 heavy (non-hydrogen) atoms. The number of carbonyl (C=O) groups is 1. The number of fused-ring (bicyclic) bond motifs is 1. The van der Waals surface area contributed by atoms with Crippen LogP contribution in [0, 0.1) is 36.7 Å². The number of rotatable bonds is 6. The molecule has 0 aromatic heterocycles. The van der Waals surface area contributed by atoms with Crippen molar-refractivity contribution in [2.75, 3.05) is 0 Å². The van der Waals surface area contributed by atoms with Gasteiger partial charge in [-0.3, -0.25) is 4.79 Å². The van der Waals surface area contributed by atoms with E-state index in [0.29, 0.717) is 5.69 Å². The lowest BCUT2D eigenvalue weighted by molar-refractivity contribution is -0.130. The Morgan fingerprint density at radius 2 is 1.78 bits per heavy atom. The Balaban J connectivity index is 1.33. The number of hydrogen-bond acceptors (Lipinski definition) is 2. The minimum Gasteiger partial charge on any atom is -0.487 e. The van der Waals surface area contributed by atoms with E-state index in [2.05, 4.69) is 48.0 Å². The third-order valence-corrected chi connectivity index (χ3v) is 9.44. The average molecular weight is 493 g/mol. The number of carbonyl (C=O) groups excluding carboxylic acids is 1. The van der Waals surface area contributed by atoms with Gasteiger partial charge in [-0.15, -0.1) is 6.42 Å². The average Bonchev–Trinajstić information content (AvgIpc) is 2.89.